The van der Waals surface area contributed by atoms with Crippen LogP contribution in [0.1, 0.15) is 64.4 Å². The van der Waals surface area contributed by atoms with Gasteiger partial charge in [0.2, 0.25) is 21.9 Å². The third-order valence-electron chi connectivity index (χ3n) is 8.63. The summed E-state index contributed by atoms with van der Waals surface area (Å²) in [5, 5.41) is 17.8. The van der Waals surface area contributed by atoms with Gasteiger partial charge in [0.05, 0.1) is 17.7 Å². The number of nitrogens with zero attached hydrogens (tertiary/aromatic N) is 6. The zero-order valence-corrected chi connectivity index (χ0v) is 22.2. The van der Waals surface area contributed by atoms with Crippen LogP contribution in [0.2, 0.25) is 0 Å². The van der Waals surface area contributed by atoms with Crippen molar-refractivity contribution in [3.8, 4) is 0 Å². The van der Waals surface area contributed by atoms with E-state index in [-0.39, 0.29) is 34.9 Å². The van der Waals surface area contributed by atoms with E-state index in [1.165, 1.54) is 10.5 Å². The van der Waals surface area contributed by atoms with Crippen LogP contribution in [0.25, 0.3) is 0 Å². The maximum Gasteiger partial charge on any atom is 0.246 e. The van der Waals surface area contributed by atoms with Crippen LogP contribution in [0, 0.1) is 5.92 Å². The third kappa shape index (κ3) is 4.13. The minimum Gasteiger partial charge on any atom is -0.393 e. The summed E-state index contributed by atoms with van der Waals surface area (Å²) in [5.74, 6) is 1.27. The van der Waals surface area contributed by atoms with E-state index in [2.05, 4.69) is 15.4 Å². The lowest BCUT2D eigenvalue weighted by Gasteiger charge is -2.36. The highest BCUT2D eigenvalue weighted by molar-refractivity contribution is 7.89. The molecule has 4 aliphatic rings. The van der Waals surface area contributed by atoms with Crippen molar-refractivity contribution in [3.63, 3.8) is 0 Å². The van der Waals surface area contributed by atoms with Crippen molar-refractivity contribution in [2.24, 2.45) is 5.92 Å². The van der Waals surface area contributed by atoms with E-state index in [9.17, 15) is 18.3 Å². The molecule has 37 heavy (non-hydrogen) atoms. The minimum atomic E-state index is -3.60. The lowest BCUT2D eigenvalue weighted by atomic mass is 9.92. The smallest absolute Gasteiger partial charge is 0.246 e. The maximum atomic E-state index is 13.5. The SMILES string of the molecule is CCn1cc(S(=O)(=O)N2CC[C@H](Nc3ncc4c(n3)N([C@@H]3CCC[C@@H](O)C3)C(=O)C43CC3)[C@@H](C)C2)cn1. The highest BCUT2D eigenvalue weighted by Crippen LogP contribution is 2.57. The molecule has 4 atom stereocenters. The molecule has 11 nitrogen and oxygen atoms in total. The molecule has 1 saturated heterocycles. The van der Waals surface area contributed by atoms with Gasteiger partial charge in [0.15, 0.2) is 0 Å². The number of amides is 1. The molecule has 2 aliphatic carbocycles. The second-order valence-electron chi connectivity index (χ2n) is 11.1. The second-order valence-corrected chi connectivity index (χ2v) is 13.0. The summed E-state index contributed by atoms with van der Waals surface area (Å²) in [6, 6.07) is -0.0398. The molecule has 2 saturated carbocycles. The fraction of sp³-hybridized carbons (Fsp3) is 0.680. The number of anilines is 2. The topological polar surface area (TPSA) is 134 Å². The van der Waals surface area contributed by atoms with Crippen LogP contribution in [-0.2, 0) is 26.8 Å². The Labute approximate surface area is 217 Å². The minimum absolute atomic E-state index is 0.000178. The molecule has 1 amide bonds. The first kappa shape index (κ1) is 24.7. The number of aromatic nitrogens is 4. The van der Waals surface area contributed by atoms with E-state index in [0.717, 1.165) is 37.7 Å². The summed E-state index contributed by atoms with van der Waals surface area (Å²) in [5.41, 5.74) is 0.430. The molecule has 6 rings (SSSR count). The Morgan fingerprint density at radius 2 is 2.03 bits per heavy atom. The van der Waals surface area contributed by atoms with Gasteiger partial charge in [-0.2, -0.15) is 14.4 Å². The van der Waals surface area contributed by atoms with Gasteiger partial charge < -0.3 is 10.4 Å². The largest absolute Gasteiger partial charge is 0.393 e. The highest BCUT2D eigenvalue weighted by Gasteiger charge is 2.61. The zero-order chi connectivity index (χ0) is 25.9. The number of aliphatic hydroxyl groups excluding tert-OH is 1. The molecular formula is C25H35N7O4S. The second kappa shape index (κ2) is 9.02. The number of piperidine rings is 1. The molecule has 0 radical (unpaired) electrons. The highest BCUT2D eigenvalue weighted by atomic mass is 32.2. The normalized spacial score (nSPS) is 29.5. The van der Waals surface area contributed by atoms with Crippen LogP contribution in [0.4, 0.5) is 11.8 Å². The predicted molar refractivity (Wildman–Crippen MR) is 137 cm³/mol. The molecule has 0 aromatic carbocycles. The number of sulfonamides is 1. The zero-order valence-electron chi connectivity index (χ0n) is 21.4. The van der Waals surface area contributed by atoms with Gasteiger partial charge in [-0.15, -0.1) is 0 Å². The number of fused-ring (bicyclic) bond motifs is 2. The molecule has 1 spiro atoms. The van der Waals surface area contributed by atoms with Crippen molar-refractivity contribution >= 4 is 27.7 Å². The van der Waals surface area contributed by atoms with Crippen LogP contribution in [0.5, 0.6) is 0 Å². The van der Waals surface area contributed by atoms with Gasteiger partial charge in [-0.3, -0.25) is 14.4 Å². The number of carbonyl (C=O) groups excluding carboxylic acids is 1. The number of hydrogen-bond donors (Lipinski definition) is 2. The molecular weight excluding hydrogens is 494 g/mol. The van der Waals surface area contributed by atoms with Crippen LogP contribution in [0.3, 0.4) is 0 Å². The molecule has 0 bridgehead atoms. The molecule has 12 heteroatoms. The molecule has 2 aliphatic heterocycles. The number of hydrogen-bond acceptors (Lipinski definition) is 8. The van der Waals surface area contributed by atoms with Crippen LogP contribution < -0.4 is 10.2 Å². The van der Waals surface area contributed by atoms with Crippen LogP contribution >= 0.6 is 0 Å². The van der Waals surface area contributed by atoms with E-state index in [1.807, 2.05) is 18.7 Å². The van der Waals surface area contributed by atoms with Gasteiger partial charge >= 0.3 is 0 Å². The Morgan fingerprint density at radius 1 is 1.22 bits per heavy atom. The average Bonchev–Trinajstić information content (AvgIpc) is 3.46. The van der Waals surface area contributed by atoms with E-state index in [1.54, 1.807) is 17.1 Å². The number of aryl methyl sites for hydroxylation is 1. The summed E-state index contributed by atoms with van der Waals surface area (Å²) >= 11 is 0. The summed E-state index contributed by atoms with van der Waals surface area (Å²) in [7, 11) is -3.60. The van der Waals surface area contributed by atoms with Crippen molar-refractivity contribution in [2.45, 2.75) is 93.8 Å². The Balaban J connectivity index is 1.18. The molecule has 2 N–H and O–H groups in total. The molecule has 3 fully saturated rings. The number of aliphatic hydroxyl groups is 1. The summed E-state index contributed by atoms with van der Waals surface area (Å²) in [6.45, 7) is 5.34. The first-order valence-corrected chi connectivity index (χ1v) is 14.9. The maximum absolute atomic E-state index is 13.5. The average molecular weight is 530 g/mol. The Kier molecular flexibility index (Phi) is 6.03. The Bertz CT molecular complexity index is 1310. The van der Waals surface area contributed by atoms with Crippen molar-refractivity contribution in [1.29, 1.82) is 0 Å². The lowest BCUT2D eigenvalue weighted by molar-refractivity contribution is -0.121. The van der Waals surface area contributed by atoms with E-state index in [0.29, 0.717) is 44.2 Å². The standard InChI is InChI=1S/C25H35N7O4S/c1-3-30-15-19(12-27-30)37(35,36)31-10-7-21(16(2)14-31)28-24-26-13-20-22(29-24)32(23(34)25(20)8-9-25)17-5-4-6-18(33)11-17/h12-13,15-18,21,33H,3-11,14H2,1-2H3,(H,26,28,29)/t16-,17+,18+,21-/m0/s1. The van der Waals surface area contributed by atoms with Crippen molar-refractivity contribution in [2.75, 3.05) is 23.3 Å². The number of carbonyl (C=O) groups is 1. The van der Waals surface area contributed by atoms with Gasteiger partial charge in [-0.1, -0.05) is 6.92 Å². The molecule has 0 unspecified atom stereocenters. The lowest BCUT2D eigenvalue weighted by Crippen LogP contribution is -2.47. The molecule has 2 aromatic heterocycles. The van der Waals surface area contributed by atoms with Gasteiger partial charge in [-0.25, -0.2) is 13.4 Å². The van der Waals surface area contributed by atoms with Crippen molar-refractivity contribution in [1.82, 2.24) is 24.1 Å². The fourth-order valence-electron chi connectivity index (χ4n) is 6.23. The van der Waals surface area contributed by atoms with E-state index < -0.39 is 15.4 Å². The quantitative estimate of drug-likeness (QED) is 0.580. The van der Waals surface area contributed by atoms with Gasteiger partial charge in [-0.05, 0) is 57.8 Å². The number of rotatable bonds is 6. The van der Waals surface area contributed by atoms with Gasteiger partial charge in [0.25, 0.3) is 0 Å². The fourth-order valence-corrected chi connectivity index (χ4v) is 7.74. The summed E-state index contributed by atoms with van der Waals surface area (Å²) < 4.78 is 29.4. The summed E-state index contributed by atoms with van der Waals surface area (Å²) in [4.78, 5) is 24.9. The monoisotopic (exact) mass is 529 g/mol. The first-order valence-electron chi connectivity index (χ1n) is 13.4. The predicted octanol–water partition coefficient (Wildman–Crippen LogP) is 1.89. The van der Waals surface area contributed by atoms with Crippen molar-refractivity contribution < 1.29 is 18.3 Å². The van der Waals surface area contributed by atoms with Crippen LogP contribution in [0.15, 0.2) is 23.5 Å². The van der Waals surface area contributed by atoms with E-state index in [4.69, 9.17) is 4.98 Å². The molecule has 2 aromatic rings. The Hall–Kier alpha value is -2.57. The number of nitrogens with one attached hydrogen (secondary N) is 1. The van der Waals surface area contributed by atoms with E-state index >= 15 is 0 Å². The summed E-state index contributed by atoms with van der Waals surface area (Å²) in [6.07, 6.45) is 9.78. The van der Waals surface area contributed by atoms with Gasteiger partial charge in [0.1, 0.15) is 10.7 Å². The third-order valence-corrected chi connectivity index (χ3v) is 10.4. The van der Waals surface area contributed by atoms with Crippen LogP contribution in [-0.4, -0.2) is 74.8 Å². The molecule has 200 valence electrons. The first-order chi connectivity index (χ1) is 17.7. The van der Waals surface area contributed by atoms with Gasteiger partial charge in [0, 0.05) is 49.7 Å². The Morgan fingerprint density at radius 3 is 2.70 bits per heavy atom. The van der Waals surface area contributed by atoms with Crippen molar-refractivity contribution in [3.05, 3.63) is 24.2 Å². The molecule has 4 heterocycles.